The molecule has 0 fully saturated rings. The monoisotopic (exact) mass is 248 g/mol. The maximum atomic E-state index is 5.93. The molecule has 1 aliphatic heterocycles. The van der Waals surface area contributed by atoms with E-state index in [0.29, 0.717) is 13.2 Å². The Morgan fingerprint density at radius 2 is 2.00 bits per heavy atom. The van der Waals surface area contributed by atoms with E-state index in [1.165, 1.54) is 11.3 Å². The molecular weight excluding hydrogens is 236 g/mol. The number of thiazole rings is 1. The molecule has 0 aliphatic carbocycles. The molecule has 17 heavy (non-hydrogen) atoms. The Balaban J connectivity index is 2.06. The minimum atomic E-state index is 0.585. The van der Waals surface area contributed by atoms with Crippen molar-refractivity contribution in [1.82, 2.24) is 4.98 Å². The molecule has 0 spiro atoms. The highest BCUT2D eigenvalue weighted by atomic mass is 32.1. The largest absolute Gasteiger partial charge is 0.486 e. The number of hydrogen-bond donors (Lipinski definition) is 1. The fraction of sp³-hybridized carbons (Fsp3) is 0.250. The van der Waals surface area contributed by atoms with E-state index < -0.39 is 0 Å². The maximum absolute atomic E-state index is 5.93. The first-order chi connectivity index (χ1) is 8.24. The van der Waals surface area contributed by atoms with Gasteiger partial charge in [-0.1, -0.05) is 0 Å². The Hall–Kier alpha value is -1.75. The second-order valence-corrected chi connectivity index (χ2v) is 5.04. The van der Waals surface area contributed by atoms with Crippen molar-refractivity contribution >= 4 is 16.3 Å². The molecule has 5 heteroatoms. The van der Waals surface area contributed by atoms with Gasteiger partial charge in [0.15, 0.2) is 11.5 Å². The third-order valence-corrected chi connectivity index (χ3v) is 3.38. The summed E-state index contributed by atoms with van der Waals surface area (Å²) in [5, 5.41) is 1.70. The van der Waals surface area contributed by atoms with Gasteiger partial charge in [0.1, 0.15) is 23.9 Å². The number of fused-ring (bicyclic) bond motifs is 1. The molecule has 2 aromatic rings. The lowest BCUT2D eigenvalue weighted by Crippen LogP contribution is -2.15. The van der Waals surface area contributed by atoms with E-state index in [9.17, 15) is 0 Å². The second kappa shape index (κ2) is 3.92. The fourth-order valence-corrected chi connectivity index (χ4v) is 2.56. The van der Waals surface area contributed by atoms with E-state index in [1.54, 1.807) is 0 Å². The Morgan fingerprint density at radius 3 is 2.71 bits per heavy atom. The lowest BCUT2D eigenvalue weighted by Gasteiger charge is -2.18. The van der Waals surface area contributed by atoms with Gasteiger partial charge in [-0.25, -0.2) is 4.98 Å². The molecule has 0 amide bonds. The van der Waals surface area contributed by atoms with Crippen molar-refractivity contribution in [3.63, 3.8) is 0 Å². The summed E-state index contributed by atoms with van der Waals surface area (Å²) >= 11 is 1.50. The molecule has 3 rings (SSSR count). The molecule has 0 bridgehead atoms. The Labute approximate surface area is 103 Å². The molecule has 0 atom stereocenters. The summed E-state index contributed by atoms with van der Waals surface area (Å²) in [6, 6.07) is 5.79. The van der Waals surface area contributed by atoms with Crippen molar-refractivity contribution in [3.05, 3.63) is 23.2 Å². The van der Waals surface area contributed by atoms with Gasteiger partial charge in [0.05, 0.1) is 5.01 Å². The van der Waals surface area contributed by atoms with Gasteiger partial charge >= 0.3 is 0 Å². The average Bonchev–Trinajstić information content (AvgIpc) is 2.68. The Bertz CT molecular complexity index is 566. The van der Waals surface area contributed by atoms with Crippen molar-refractivity contribution in [1.29, 1.82) is 0 Å². The summed E-state index contributed by atoms with van der Waals surface area (Å²) in [4.78, 5) is 4.43. The molecule has 0 radical (unpaired) electrons. The quantitative estimate of drug-likeness (QED) is 0.842. The third-order valence-electron chi connectivity index (χ3n) is 2.58. The zero-order valence-electron chi connectivity index (χ0n) is 9.40. The third kappa shape index (κ3) is 1.82. The SMILES string of the molecule is Cc1nc(-c2ccc3c(c2)OCCO3)c(N)s1. The highest BCUT2D eigenvalue weighted by Crippen LogP contribution is 2.37. The van der Waals surface area contributed by atoms with Gasteiger partial charge in [0.25, 0.3) is 0 Å². The van der Waals surface area contributed by atoms with Gasteiger partial charge in [0, 0.05) is 5.56 Å². The number of rotatable bonds is 1. The zero-order chi connectivity index (χ0) is 11.8. The minimum Gasteiger partial charge on any atom is -0.486 e. The predicted octanol–water partition coefficient (Wildman–Crippen LogP) is 2.47. The van der Waals surface area contributed by atoms with E-state index in [1.807, 2.05) is 25.1 Å². The molecule has 1 aromatic heterocycles. The summed E-state index contributed by atoms with van der Waals surface area (Å²) in [5.74, 6) is 1.55. The van der Waals surface area contributed by atoms with Crippen molar-refractivity contribution in [2.24, 2.45) is 0 Å². The molecule has 88 valence electrons. The lowest BCUT2D eigenvalue weighted by molar-refractivity contribution is 0.171. The molecule has 2 N–H and O–H groups in total. The first-order valence-corrected chi connectivity index (χ1v) is 6.18. The van der Waals surface area contributed by atoms with E-state index in [2.05, 4.69) is 4.98 Å². The Kier molecular flexibility index (Phi) is 2.40. The normalized spacial score (nSPS) is 13.7. The van der Waals surface area contributed by atoms with Crippen LogP contribution in [0.25, 0.3) is 11.3 Å². The molecule has 2 heterocycles. The van der Waals surface area contributed by atoms with E-state index in [-0.39, 0.29) is 0 Å². The number of benzene rings is 1. The summed E-state index contributed by atoms with van der Waals surface area (Å²) in [5.41, 5.74) is 7.73. The van der Waals surface area contributed by atoms with E-state index in [0.717, 1.165) is 32.8 Å². The number of hydrogen-bond acceptors (Lipinski definition) is 5. The van der Waals surface area contributed by atoms with Gasteiger partial charge in [-0.15, -0.1) is 11.3 Å². The van der Waals surface area contributed by atoms with Gasteiger partial charge in [-0.3, -0.25) is 0 Å². The molecule has 1 aliphatic rings. The number of nitrogens with two attached hydrogens (primary N) is 1. The molecule has 0 unspecified atom stereocenters. The smallest absolute Gasteiger partial charge is 0.162 e. The number of aryl methyl sites for hydroxylation is 1. The molecule has 0 saturated heterocycles. The molecule has 1 aromatic carbocycles. The van der Waals surface area contributed by atoms with Crippen LogP contribution in [0.3, 0.4) is 0 Å². The first-order valence-electron chi connectivity index (χ1n) is 5.37. The van der Waals surface area contributed by atoms with E-state index in [4.69, 9.17) is 15.2 Å². The number of anilines is 1. The van der Waals surface area contributed by atoms with Gasteiger partial charge in [-0.05, 0) is 25.1 Å². The number of aromatic nitrogens is 1. The first kappa shape index (κ1) is 10.4. The summed E-state index contributed by atoms with van der Waals surface area (Å²) in [6.07, 6.45) is 0. The maximum Gasteiger partial charge on any atom is 0.162 e. The van der Waals surface area contributed by atoms with Crippen LogP contribution in [-0.2, 0) is 0 Å². The number of ether oxygens (including phenoxy) is 2. The Morgan fingerprint density at radius 1 is 1.24 bits per heavy atom. The van der Waals surface area contributed by atoms with Gasteiger partial charge in [0.2, 0.25) is 0 Å². The molecule has 0 saturated carbocycles. The zero-order valence-corrected chi connectivity index (χ0v) is 10.2. The average molecular weight is 248 g/mol. The van der Waals surface area contributed by atoms with Crippen molar-refractivity contribution in [3.8, 4) is 22.8 Å². The van der Waals surface area contributed by atoms with Crippen LogP contribution < -0.4 is 15.2 Å². The summed E-state index contributed by atoms with van der Waals surface area (Å²) in [6.45, 7) is 3.13. The van der Waals surface area contributed by atoms with Crippen molar-refractivity contribution < 1.29 is 9.47 Å². The van der Waals surface area contributed by atoms with Crippen molar-refractivity contribution in [2.75, 3.05) is 18.9 Å². The molecular formula is C12H12N2O2S. The van der Waals surface area contributed by atoms with Crippen molar-refractivity contribution in [2.45, 2.75) is 6.92 Å². The highest BCUT2D eigenvalue weighted by molar-refractivity contribution is 7.16. The van der Waals surface area contributed by atoms with E-state index >= 15 is 0 Å². The molecule has 4 nitrogen and oxygen atoms in total. The van der Waals surface area contributed by atoms with Gasteiger partial charge in [-0.2, -0.15) is 0 Å². The van der Waals surface area contributed by atoms with Gasteiger partial charge < -0.3 is 15.2 Å². The van der Waals surface area contributed by atoms with Crippen LogP contribution in [0.15, 0.2) is 18.2 Å². The predicted molar refractivity (Wildman–Crippen MR) is 67.7 cm³/mol. The number of nitrogen functional groups attached to an aromatic ring is 1. The topological polar surface area (TPSA) is 57.4 Å². The van der Waals surface area contributed by atoms with Crippen LogP contribution in [-0.4, -0.2) is 18.2 Å². The van der Waals surface area contributed by atoms with Crippen LogP contribution in [0.5, 0.6) is 11.5 Å². The fourth-order valence-electron chi connectivity index (χ4n) is 1.84. The van der Waals surface area contributed by atoms with Crippen LogP contribution >= 0.6 is 11.3 Å². The van der Waals surface area contributed by atoms with Crippen LogP contribution in [0, 0.1) is 6.92 Å². The summed E-state index contributed by atoms with van der Waals surface area (Å²) < 4.78 is 11.0. The highest BCUT2D eigenvalue weighted by Gasteiger charge is 2.15. The second-order valence-electron chi connectivity index (χ2n) is 3.80. The standard InChI is InChI=1S/C12H12N2O2S/c1-7-14-11(12(13)17-7)8-2-3-9-10(6-8)16-5-4-15-9/h2-3,6H,4-5,13H2,1H3. The van der Waals surface area contributed by atoms with Crippen LogP contribution in [0.4, 0.5) is 5.00 Å². The van der Waals surface area contributed by atoms with Crippen LogP contribution in [0.2, 0.25) is 0 Å². The lowest BCUT2D eigenvalue weighted by atomic mass is 10.1. The minimum absolute atomic E-state index is 0.585. The number of nitrogens with zero attached hydrogens (tertiary/aromatic N) is 1. The van der Waals surface area contributed by atoms with Crippen LogP contribution in [0.1, 0.15) is 5.01 Å². The summed E-state index contributed by atoms with van der Waals surface area (Å²) in [7, 11) is 0.